The van der Waals surface area contributed by atoms with Crippen molar-refractivity contribution in [3.8, 4) is 11.5 Å². The van der Waals surface area contributed by atoms with E-state index in [0.717, 1.165) is 42.0 Å². The molecule has 0 saturated carbocycles. The Balaban J connectivity index is 2.03. The molecule has 6 nitrogen and oxygen atoms in total. The van der Waals surface area contributed by atoms with Gasteiger partial charge in [-0.1, -0.05) is 19.9 Å². The van der Waals surface area contributed by atoms with Crippen LogP contribution < -0.4 is 10.2 Å². The molecule has 1 amide bonds. The summed E-state index contributed by atoms with van der Waals surface area (Å²) in [4.78, 5) is 29.2. The first-order valence-electron chi connectivity index (χ1n) is 10.0. The highest BCUT2D eigenvalue weighted by Crippen LogP contribution is 2.32. The lowest BCUT2D eigenvalue weighted by molar-refractivity contribution is -0.124. The molecule has 1 N–H and O–H groups in total. The van der Waals surface area contributed by atoms with Crippen LogP contribution in [0.5, 0.6) is 0 Å². The molecule has 0 bridgehead atoms. The zero-order valence-electron chi connectivity index (χ0n) is 17.8. The Kier molecular flexibility index (Phi) is 5.68. The predicted octanol–water partition coefficient (Wildman–Crippen LogP) is 3.40. The van der Waals surface area contributed by atoms with E-state index < -0.39 is 0 Å². The normalized spacial score (nSPS) is 14.7. The number of nitrogens with one attached hydrogen (secondary N) is 1. The van der Waals surface area contributed by atoms with Gasteiger partial charge < -0.3 is 10.2 Å². The Hall–Kier alpha value is -2.50. The maximum absolute atomic E-state index is 13.1. The van der Waals surface area contributed by atoms with Gasteiger partial charge in [0, 0.05) is 30.0 Å². The summed E-state index contributed by atoms with van der Waals surface area (Å²) < 4.78 is 0. The van der Waals surface area contributed by atoms with E-state index in [9.17, 15) is 4.79 Å². The van der Waals surface area contributed by atoms with Gasteiger partial charge in [0.05, 0.1) is 0 Å². The lowest BCUT2D eigenvalue weighted by Gasteiger charge is -2.34. The van der Waals surface area contributed by atoms with Gasteiger partial charge in [0.25, 0.3) is 0 Å². The van der Waals surface area contributed by atoms with Gasteiger partial charge in [0.1, 0.15) is 17.6 Å². The molecular formula is C22H31N5O. The van der Waals surface area contributed by atoms with Crippen LogP contribution in [0.1, 0.15) is 52.3 Å². The zero-order chi connectivity index (χ0) is 20.5. The first kappa shape index (κ1) is 20.2. The van der Waals surface area contributed by atoms with Gasteiger partial charge in [-0.15, -0.1) is 0 Å². The molecule has 0 unspecified atom stereocenters. The lowest BCUT2D eigenvalue weighted by Crippen LogP contribution is -2.53. The van der Waals surface area contributed by atoms with Crippen molar-refractivity contribution < 1.29 is 4.79 Å². The van der Waals surface area contributed by atoms with Gasteiger partial charge in [-0.2, -0.15) is 0 Å². The molecule has 28 heavy (non-hydrogen) atoms. The van der Waals surface area contributed by atoms with Gasteiger partial charge in [-0.25, -0.2) is 9.97 Å². The second kappa shape index (κ2) is 7.86. The number of aryl methyl sites for hydroxylation is 1. The van der Waals surface area contributed by atoms with Gasteiger partial charge >= 0.3 is 0 Å². The summed E-state index contributed by atoms with van der Waals surface area (Å²) in [7, 11) is 1.97. The van der Waals surface area contributed by atoms with Crippen LogP contribution >= 0.6 is 0 Å². The topological polar surface area (TPSA) is 71.0 Å². The van der Waals surface area contributed by atoms with E-state index in [2.05, 4.69) is 24.1 Å². The number of hydrogen-bond acceptors (Lipinski definition) is 5. The van der Waals surface area contributed by atoms with Gasteiger partial charge in [-0.3, -0.25) is 9.78 Å². The van der Waals surface area contributed by atoms with E-state index in [-0.39, 0.29) is 23.4 Å². The molecule has 6 heteroatoms. The number of rotatable bonds is 5. The minimum absolute atomic E-state index is 0.0229. The molecule has 2 aromatic heterocycles. The Morgan fingerprint density at radius 3 is 2.54 bits per heavy atom. The first-order valence-corrected chi connectivity index (χ1v) is 10.0. The van der Waals surface area contributed by atoms with Crippen molar-refractivity contribution in [3.05, 3.63) is 35.7 Å². The highest BCUT2D eigenvalue weighted by molar-refractivity contribution is 5.86. The Bertz CT molecular complexity index is 842. The molecule has 0 fully saturated rings. The van der Waals surface area contributed by atoms with Crippen LogP contribution in [0.3, 0.4) is 0 Å². The minimum atomic E-state index is -0.310. The van der Waals surface area contributed by atoms with E-state index >= 15 is 0 Å². The van der Waals surface area contributed by atoms with Crippen LogP contribution in [0.2, 0.25) is 0 Å². The molecular weight excluding hydrogens is 350 g/mol. The average Bonchev–Trinajstić information content (AvgIpc) is 3.08. The quantitative estimate of drug-likeness (QED) is 0.859. The number of hydrogen-bond donors (Lipinski definition) is 1. The zero-order valence-corrected chi connectivity index (χ0v) is 17.8. The minimum Gasteiger partial charge on any atom is -0.350 e. The van der Waals surface area contributed by atoms with Crippen molar-refractivity contribution in [2.75, 3.05) is 11.9 Å². The number of carbonyl (C=O) groups is 1. The van der Waals surface area contributed by atoms with Crippen LogP contribution in [0.4, 0.5) is 5.82 Å². The van der Waals surface area contributed by atoms with Gasteiger partial charge in [0.15, 0.2) is 5.82 Å². The Labute approximate surface area is 167 Å². The van der Waals surface area contributed by atoms with Crippen molar-refractivity contribution in [2.45, 2.75) is 65.5 Å². The number of likely N-dealkylation sites (N-methyl/N-ethyl adjacent to an activating group) is 1. The second-order valence-electron chi connectivity index (χ2n) is 8.90. The number of fused-ring (bicyclic) bond motifs is 1. The molecule has 1 aliphatic carbocycles. The fraction of sp³-hybridized carbons (Fsp3) is 0.545. The number of nitrogens with zero attached hydrogens (tertiary/aromatic N) is 4. The van der Waals surface area contributed by atoms with Crippen molar-refractivity contribution in [1.82, 2.24) is 20.3 Å². The molecule has 150 valence electrons. The summed E-state index contributed by atoms with van der Waals surface area (Å²) in [6.07, 6.45) is 4.71. The maximum Gasteiger partial charge on any atom is 0.243 e. The number of aromatic nitrogens is 3. The van der Waals surface area contributed by atoms with E-state index in [1.165, 1.54) is 0 Å². The summed E-state index contributed by atoms with van der Waals surface area (Å²) >= 11 is 0. The molecule has 0 spiro atoms. The van der Waals surface area contributed by atoms with Crippen molar-refractivity contribution in [3.63, 3.8) is 0 Å². The molecule has 0 saturated heterocycles. The van der Waals surface area contributed by atoms with E-state index in [0.29, 0.717) is 5.82 Å². The van der Waals surface area contributed by atoms with Crippen LogP contribution in [-0.2, 0) is 17.6 Å². The van der Waals surface area contributed by atoms with Crippen LogP contribution in [0, 0.1) is 5.92 Å². The van der Waals surface area contributed by atoms with Crippen LogP contribution in [0.15, 0.2) is 24.4 Å². The average molecular weight is 382 g/mol. The lowest BCUT2D eigenvalue weighted by atomic mass is 9.99. The molecule has 1 aliphatic rings. The second-order valence-corrected chi connectivity index (χ2v) is 8.90. The van der Waals surface area contributed by atoms with E-state index in [4.69, 9.17) is 9.97 Å². The van der Waals surface area contributed by atoms with Crippen molar-refractivity contribution in [1.29, 1.82) is 0 Å². The molecule has 0 aliphatic heterocycles. The fourth-order valence-electron chi connectivity index (χ4n) is 3.82. The molecule has 1 atom stereocenters. The Morgan fingerprint density at radius 2 is 1.93 bits per heavy atom. The van der Waals surface area contributed by atoms with Crippen molar-refractivity contribution >= 4 is 11.7 Å². The third kappa shape index (κ3) is 4.32. The third-order valence-corrected chi connectivity index (χ3v) is 4.95. The first-order chi connectivity index (χ1) is 13.2. The highest BCUT2D eigenvalue weighted by Gasteiger charge is 2.33. The summed E-state index contributed by atoms with van der Waals surface area (Å²) in [6, 6.07) is 5.44. The SMILES string of the molecule is CC(C)[C@H](C(=O)NC(C)(C)C)N(C)c1nc(-c2ccccn2)nc2c1CCC2. The molecule has 3 rings (SSSR count). The van der Waals surface area contributed by atoms with Crippen LogP contribution in [0.25, 0.3) is 11.5 Å². The summed E-state index contributed by atoms with van der Waals surface area (Å²) in [6.45, 7) is 10.2. The summed E-state index contributed by atoms with van der Waals surface area (Å²) in [5, 5.41) is 3.13. The number of carbonyl (C=O) groups excluding carboxylic acids is 1. The Morgan fingerprint density at radius 1 is 1.18 bits per heavy atom. The smallest absolute Gasteiger partial charge is 0.243 e. The number of pyridine rings is 1. The van der Waals surface area contributed by atoms with E-state index in [1.807, 2.05) is 50.9 Å². The van der Waals surface area contributed by atoms with Gasteiger partial charge in [0.2, 0.25) is 5.91 Å². The molecule has 2 heterocycles. The van der Waals surface area contributed by atoms with Crippen molar-refractivity contribution in [2.24, 2.45) is 5.92 Å². The highest BCUT2D eigenvalue weighted by atomic mass is 16.2. The molecule has 0 aromatic carbocycles. The summed E-state index contributed by atoms with van der Waals surface area (Å²) in [5.41, 5.74) is 2.72. The monoisotopic (exact) mass is 381 g/mol. The third-order valence-electron chi connectivity index (χ3n) is 4.95. The van der Waals surface area contributed by atoms with Gasteiger partial charge in [-0.05, 0) is 58.1 Å². The largest absolute Gasteiger partial charge is 0.350 e. The number of anilines is 1. The molecule has 0 radical (unpaired) electrons. The fourth-order valence-corrected chi connectivity index (χ4v) is 3.82. The predicted molar refractivity (Wildman–Crippen MR) is 112 cm³/mol. The standard InChI is InChI=1S/C22H31N5O/c1-14(2)18(21(28)26-22(3,4)5)27(6)20-15-10-9-12-16(15)24-19(25-20)17-11-7-8-13-23-17/h7-8,11,13-14,18H,9-10,12H2,1-6H3,(H,26,28)/t18-/m1/s1. The maximum atomic E-state index is 13.1. The van der Waals surface area contributed by atoms with Crippen LogP contribution in [-0.4, -0.2) is 39.5 Å². The van der Waals surface area contributed by atoms with E-state index in [1.54, 1.807) is 6.20 Å². The molecule has 2 aromatic rings. The summed E-state index contributed by atoms with van der Waals surface area (Å²) in [5.74, 6) is 1.64. The number of amides is 1.